The number of thiophene rings is 1. The quantitative estimate of drug-likeness (QED) is 0.0670. The highest BCUT2D eigenvalue weighted by molar-refractivity contribution is 7.26. The van der Waals surface area contributed by atoms with Crippen LogP contribution >= 0.6 is 11.3 Å². The summed E-state index contributed by atoms with van der Waals surface area (Å²) < 4.78 is 7.09. The second-order valence-corrected chi connectivity index (χ2v) is 19.0. The fourth-order valence-corrected chi connectivity index (χ4v) is 12.3. The van der Waals surface area contributed by atoms with Gasteiger partial charge in [-0.05, 0) is 98.6 Å². The maximum absolute atomic E-state index is 11.0. The SMILES string of the molecule is CC.Oc1c(O)c(O)c(-c2ccc3c4ccc(-c5cc(-c6cccc7c6sc6ccccc67)cc(-n6c7ccccc7c7c8ccccc8c8ccccc8c76)c5)cc4n(-c4ccccc4)c3c2)c(O)c1O. The van der Waals surface area contributed by atoms with Crippen molar-refractivity contribution < 1.29 is 25.5 Å². The Morgan fingerprint density at radius 2 is 0.875 bits per heavy atom. The fourth-order valence-electron chi connectivity index (χ4n) is 11.1. The standard InChI is InChI=1S/C62H38N2O5S.C2H6/c65-57-54(58(66)60(68)61(69)59(57)67)35-26-28-44-43-27-25-34(32-51(43)63(52(44)33-35)38-13-2-1-3-14-38)36-29-37(40-21-12-22-48-45-17-9-11-24-53(45)70-62(40)48)31-39(30-36)64-50-23-10-8-20-49(50)55-46-18-6-4-15-41(46)42-16-5-7-19-47(42)56(55)64;1-2/h1-33,65-69H;1-2H3. The molecule has 11 aromatic carbocycles. The van der Waals surface area contributed by atoms with Crippen molar-refractivity contribution in [3.8, 4) is 73.5 Å². The molecule has 14 aromatic rings. The smallest absolute Gasteiger partial charge is 0.208 e. The molecule has 0 radical (unpaired) electrons. The Kier molecular flexibility index (Phi) is 9.78. The minimum atomic E-state index is -1.00. The molecule has 3 heterocycles. The molecule has 0 aliphatic carbocycles. The van der Waals surface area contributed by atoms with Gasteiger partial charge in [0.1, 0.15) is 0 Å². The number of rotatable bonds is 5. The van der Waals surface area contributed by atoms with Crippen LogP contribution in [0.15, 0.2) is 200 Å². The van der Waals surface area contributed by atoms with E-state index in [4.69, 9.17) is 0 Å². The third kappa shape index (κ3) is 6.22. The summed E-state index contributed by atoms with van der Waals surface area (Å²) in [5.74, 6) is -4.34. The summed E-state index contributed by atoms with van der Waals surface area (Å²) in [6, 6.07) is 70.5. The third-order valence-electron chi connectivity index (χ3n) is 14.2. The van der Waals surface area contributed by atoms with Crippen molar-refractivity contribution in [2.75, 3.05) is 0 Å². The van der Waals surface area contributed by atoms with E-state index >= 15 is 0 Å². The summed E-state index contributed by atoms with van der Waals surface area (Å²) in [4.78, 5) is 0. The average molecular weight is 953 g/mol. The number of hydrogen-bond donors (Lipinski definition) is 5. The van der Waals surface area contributed by atoms with Gasteiger partial charge in [-0.2, -0.15) is 0 Å². The maximum Gasteiger partial charge on any atom is 0.208 e. The van der Waals surface area contributed by atoms with Gasteiger partial charge in [0.05, 0.1) is 27.6 Å². The van der Waals surface area contributed by atoms with E-state index in [2.05, 4.69) is 161 Å². The molecule has 3 aromatic heterocycles. The molecule has 346 valence electrons. The van der Waals surface area contributed by atoms with Crippen molar-refractivity contribution in [2.24, 2.45) is 0 Å². The van der Waals surface area contributed by atoms with Gasteiger partial charge in [0.2, 0.25) is 17.2 Å². The summed E-state index contributed by atoms with van der Waals surface area (Å²) in [6.45, 7) is 4.00. The normalized spacial score (nSPS) is 11.8. The number of nitrogens with zero attached hydrogens (tertiary/aromatic N) is 2. The van der Waals surface area contributed by atoms with Crippen LogP contribution in [0.2, 0.25) is 0 Å². The van der Waals surface area contributed by atoms with Gasteiger partial charge in [0.15, 0.2) is 11.5 Å². The summed E-state index contributed by atoms with van der Waals surface area (Å²) in [6.07, 6.45) is 0. The van der Waals surface area contributed by atoms with Crippen LogP contribution in [0.4, 0.5) is 0 Å². The molecule has 0 unspecified atom stereocenters. The first-order valence-electron chi connectivity index (χ1n) is 24.0. The average Bonchev–Trinajstić information content (AvgIpc) is 4.11. The predicted molar refractivity (Wildman–Crippen MR) is 299 cm³/mol. The van der Waals surface area contributed by atoms with Gasteiger partial charge in [-0.3, -0.25) is 0 Å². The largest absolute Gasteiger partial charge is 0.504 e. The zero-order valence-corrected chi connectivity index (χ0v) is 39.9. The number of fused-ring (bicyclic) bond motifs is 14. The summed E-state index contributed by atoms with van der Waals surface area (Å²) in [5, 5.41) is 64.9. The minimum Gasteiger partial charge on any atom is -0.504 e. The van der Waals surface area contributed by atoms with E-state index in [1.807, 2.05) is 67.6 Å². The van der Waals surface area contributed by atoms with E-state index in [9.17, 15) is 25.5 Å². The maximum atomic E-state index is 11.0. The van der Waals surface area contributed by atoms with Crippen molar-refractivity contribution in [3.63, 3.8) is 0 Å². The van der Waals surface area contributed by atoms with Gasteiger partial charge in [-0.1, -0.05) is 159 Å². The lowest BCUT2D eigenvalue weighted by atomic mass is 9.95. The molecule has 0 saturated heterocycles. The summed E-state index contributed by atoms with van der Waals surface area (Å²) in [7, 11) is 0. The molecule has 0 atom stereocenters. The zero-order chi connectivity index (χ0) is 48.9. The molecule has 72 heavy (non-hydrogen) atoms. The Morgan fingerprint density at radius 3 is 1.60 bits per heavy atom. The van der Waals surface area contributed by atoms with Crippen molar-refractivity contribution >= 4 is 96.7 Å². The molecule has 0 bridgehead atoms. The van der Waals surface area contributed by atoms with Gasteiger partial charge in [0.25, 0.3) is 0 Å². The summed E-state index contributed by atoms with van der Waals surface area (Å²) >= 11 is 1.82. The van der Waals surface area contributed by atoms with Crippen LogP contribution in [0.5, 0.6) is 28.7 Å². The van der Waals surface area contributed by atoms with Crippen molar-refractivity contribution in [1.82, 2.24) is 9.13 Å². The van der Waals surface area contributed by atoms with Crippen LogP contribution in [0.3, 0.4) is 0 Å². The van der Waals surface area contributed by atoms with E-state index < -0.39 is 28.7 Å². The molecule has 0 amide bonds. The molecular formula is C64H44N2O5S. The first-order chi connectivity index (χ1) is 35.3. The lowest BCUT2D eigenvalue weighted by Gasteiger charge is -2.16. The number of hydrogen-bond acceptors (Lipinski definition) is 6. The molecule has 5 N–H and O–H groups in total. The number of para-hydroxylation sites is 2. The first-order valence-corrected chi connectivity index (χ1v) is 24.9. The van der Waals surface area contributed by atoms with Crippen molar-refractivity contribution in [2.45, 2.75) is 13.8 Å². The Labute approximate surface area is 416 Å². The monoisotopic (exact) mass is 952 g/mol. The Morgan fingerprint density at radius 1 is 0.333 bits per heavy atom. The highest BCUT2D eigenvalue weighted by Crippen LogP contribution is 2.55. The minimum absolute atomic E-state index is 0.205. The number of benzene rings is 11. The van der Waals surface area contributed by atoms with Crippen LogP contribution in [-0.2, 0) is 0 Å². The predicted octanol–water partition coefficient (Wildman–Crippen LogP) is 17.1. The van der Waals surface area contributed by atoms with Crippen LogP contribution in [0, 0.1) is 0 Å². The van der Waals surface area contributed by atoms with Gasteiger partial charge in [-0.25, -0.2) is 0 Å². The number of phenolic OH excluding ortho intramolecular Hbond substituents is 5. The second-order valence-electron chi connectivity index (χ2n) is 18.0. The Bertz CT molecular complexity index is 4520. The van der Waals surface area contributed by atoms with E-state index in [-0.39, 0.29) is 5.56 Å². The molecule has 7 nitrogen and oxygen atoms in total. The highest BCUT2D eigenvalue weighted by Gasteiger charge is 2.26. The van der Waals surface area contributed by atoms with Gasteiger partial charge in [0, 0.05) is 58.5 Å². The fraction of sp³-hybridized carbons (Fsp3) is 0.0312. The molecule has 0 aliphatic rings. The number of phenols is 5. The Balaban J connectivity index is 0.00000249. The van der Waals surface area contributed by atoms with Gasteiger partial charge >= 0.3 is 0 Å². The van der Waals surface area contributed by atoms with E-state index in [1.165, 1.54) is 52.5 Å². The molecule has 0 spiro atoms. The molecule has 8 heteroatoms. The topological polar surface area (TPSA) is 111 Å². The van der Waals surface area contributed by atoms with Crippen LogP contribution < -0.4 is 0 Å². The molecule has 0 saturated carbocycles. The molecule has 0 aliphatic heterocycles. The van der Waals surface area contributed by atoms with Gasteiger partial charge in [-0.15, -0.1) is 11.3 Å². The molecule has 14 rings (SSSR count). The lowest BCUT2D eigenvalue weighted by molar-refractivity contribution is 0.330. The lowest BCUT2D eigenvalue weighted by Crippen LogP contribution is -1.97. The first kappa shape index (κ1) is 42.8. The zero-order valence-electron chi connectivity index (χ0n) is 39.1. The van der Waals surface area contributed by atoms with Gasteiger partial charge < -0.3 is 34.7 Å². The number of aromatic hydroxyl groups is 5. The van der Waals surface area contributed by atoms with E-state index in [1.54, 1.807) is 6.07 Å². The Hall–Kier alpha value is -9.24. The van der Waals surface area contributed by atoms with Crippen LogP contribution in [0.1, 0.15) is 13.8 Å². The van der Waals surface area contributed by atoms with E-state index in [0.29, 0.717) is 5.56 Å². The number of aromatic nitrogens is 2. The van der Waals surface area contributed by atoms with Crippen LogP contribution in [0.25, 0.3) is 130 Å². The van der Waals surface area contributed by atoms with E-state index in [0.717, 1.165) is 66.5 Å². The third-order valence-corrected chi connectivity index (χ3v) is 15.4. The van der Waals surface area contributed by atoms with Crippen LogP contribution in [-0.4, -0.2) is 34.7 Å². The molecular weight excluding hydrogens is 909 g/mol. The van der Waals surface area contributed by atoms with Crippen molar-refractivity contribution in [3.05, 3.63) is 200 Å². The highest BCUT2D eigenvalue weighted by atomic mass is 32.1. The second kappa shape index (κ2) is 16.4. The summed E-state index contributed by atoms with van der Waals surface area (Å²) in [5.41, 5.74) is 10.3. The molecule has 0 fully saturated rings. The van der Waals surface area contributed by atoms with Crippen molar-refractivity contribution in [1.29, 1.82) is 0 Å².